The summed E-state index contributed by atoms with van der Waals surface area (Å²) in [7, 11) is -3.11. The Morgan fingerprint density at radius 1 is 1.14 bits per heavy atom. The van der Waals surface area contributed by atoms with Crippen LogP contribution in [0.3, 0.4) is 0 Å². The summed E-state index contributed by atoms with van der Waals surface area (Å²) in [4.78, 5) is 14.7. The van der Waals surface area contributed by atoms with Crippen molar-refractivity contribution < 1.29 is 13.2 Å². The highest BCUT2D eigenvalue weighted by Crippen LogP contribution is 2.19. The molecule has 1 N–H and O–H groups in total. The molecule has 0 radical (unpaired) electrons. The van der Waals surface area contributed by atoms with Crippen molar-refractivity contribution in [3.05, 3.63) is 47.0 Å². The largest absolute Gasteiger partial charge is 0.352 e. The third-order valence-electron chi connectivity index (χ3n) is 5.51. The van der Waals surface area contributed by atoms with Crippen LogP contribution in [0.15, 0.2) is 35.9 Å². The standard InChI is InChI=1S/C21H31N3O3S/c1-28(26,27)24-14-12-23(13-15-24)17-19-8-5-9-20(16-19)21(25)22-11-10-18-6-3-2-4-7-18/h5-6,8-9,16H,2-4,7,10-15,17H2,1H3,(H,22,25). The smallest absolute Gasteiger partial charge is 0.251 e. The molecular formula is C21H31N3O3S. The van der Waals surface area contributed by atoms with Crippen molar-refractivity contribution in [1.29, 1.82) is 0 Å². The molecule has 1 amide bonds. The molecule has 1 saturated heterocycles. The summed E-state index contributed by atoms with van der Waals surface area (Å²) in [5.41, 5.74) is 3.23. The minimum atomic E-state index is -3.11. The molecular weight excluding hydrogens is 374 g/mol. The maximum absolute atomic E-state index is 12.5. The highest BCUT2D eigenvalue weighted by atomic mass is 32.2. The van der Waals surface area contributed by atoms with Crippen LogP contribution in [0.2, 0.25) is 0 Å². The second-order valence-electron chi connectivity index (χ2n) is 7.75. The SMILES string of the molecule is CS(=O)(=O)N1CCN(Cc2cccc(C(=O)NCCC3=CCCCC3)c2)CC1. The van der Waals surface area contributed by atoms with Crippen LogP contribution in [0, 0.1) is 0 Å². The number of sulfonamides is 1. The highest BCUT2D eigenvalue weighted by Gasteiger charge is 2.23. The lowest BCUT2D eigenvalue weighted by atomic mass is 9.97. The minimum Gasteiger partial charge on any atom is -0.352 e. The van der Waals surface area contributed by atoms with Crippen molar-refractivity contribution >= 4 is 15.9 Å². The maximum atomic E-state index is 12.5. The molecule has 1 aliphatic heterocycles. The van der Waals surface area contributed by atoms with Gasteiger partial charge in [-0.15, -0.1) is 0 Å². The van der Waals surface area contributed by atoms with Crippen LogP contribution in [-0.2, 0) is 16.6 Å². The molecule has 6 nitrogen and oxygen atoms in total. The number of nitrogens with zero attached hydrogens (tertiary/aromatic N) is 2. The molecule has 2 aliphatic rings. The Hall–Kier alpha value is -1.70. The van der Waals surface area contributed by atoms with Gasteiger partial charge >= 0.3 is 0 Å². The summed E-state index contributed by atoms with van der Waals surface area (Å²) in [6, 6.07) is 7.73. The van der Waals surface area contributed by atoms with Crippen molar-refractivity contribution in [3.63, 3.8) is 0 Å². The first-order valence-corrected chi connectivity index (χ1v) is 12.0. The summed E-state index contributed by atoms with van der Waals surface area (Å²) in [6.07, 6.45) is 9.40. The van der Waals surface area contributed by atoms with Crippen LogP contribution in [0.1, 0.15) is 48.0 Å². The van der Waals surface area contributed by atoms with Crippen molar-refractivity contribution in [2.45, 2.75) is 38.6 Å². The van der Waals surface area contributed by atoms with E-state index < -0.39 is 10.0 Å². The summed E-state index contributed by atoms with van der Waals surface area (Å²) in [5, 5.41) is 3.03. The summed E-state index contributed by atoms with van der Waals surface area (Å²) in [6.45, 7) is 3.87. The number of amides is 1. The molecule has 1 heterocycles. The number of benzene rings is 1. The number of hydrogen-bond donors (Lipinski definition) is 1. The molecule has 1 fully saturated rings. The van der Waals surface area contributed by atoms with E-state index in [1.165, 1.54) is 35.4 Å². The van der Waals surface area contributed by atoms with Crippen LogP contribution in [-0.4, -0.2) is 62.5 Å². The Bertz CT molecular complexity index is 812. The van der Waals surface area contributed by atoms with Gasteiger partial charge in [0.15, 0.2) is 0 Å². The molecule has 0 saturated carbocycles. The van der Waals surface area contributed by atoms with Gasteiger partial charge in [-0.25, -0.2) is 8.42 Å². The van der Waals surface area contributed by atoms with Gasteiger partial charge in [0.25, 0.3) is 5.91 Å². The van der Waals surface area contributed by atoms with E-state index in [1.54, 1.807) is 0 Å². The third kappa shape index (κ3) is 6.15. The van der Waals surface area contributed by atoms with E-state index in [9.17, 15) is 13.2 Å². The molecule has 7 heteroatoms. The monoisotopic (exact) mass is 405 g/mol. The van der Waals surface area contributed by atoms with Gasteiger partial charge in [-0.3, -0.25) is 9.69 Å². The van der Waals surface area contributed by atoms with Crippen LogP contribution in [0.25, 0.3) is 0 Å². The highest BCUT2D eigenvalue weighted by molar-refractivity contribution is 7.88. The van der Waals surface area contributed by atoms with Crippen molar-refractivity contribution in [1.82, 2.24) is 14.5 Å². The minimum absolute atomic E-state index is 0.0276. The first-order chi connectivity index (χ1) is 13.4. The van der Waals surface area contributed by atoms with E-state index in [-0.39, 0.29) is 5.91 Å². The van der Waals surface area contributed by atoms with Gasteiger partial charge in [0.05, 0.1) is 6.26 Å². The van der Waals surface area contributed by atoms with E-state index in [0.717, 1.165) is 24.9 Å². The zero-order valence-electron chi connectivity index (χ0n) is 16.7. The predicted molar refractivity (Wildman–Crippen MR) is 112 cm³/mol. The fourth-order valence-corrected chi connectivity index (χ4v) is 4.69. The van der Waals surface area contributed by atoms with E-state index in [4.69, 9.17) is 0 Å². The molecule has 0 aromatic heterocycles. The first kappa shape index (κ1) is 21.0. The molecule has 1 aromatic rings. The number of hydrogen-bond acceptors (Lipinski definition) is 4. The average Bonchev–Trinajstić information content (AvgIpc) is 2.69. The van der Waals surface area contributed by atoms with Crippen molar-refractivity contribution in [2.24, 2.45) is 0 Å². The number of carbonyl (C=O) groups is 1. The third-order valence-corrected chi connectivity index (χ3v) is 6.82. The van der Waals surface area contributed by atoms with Crippen LogP contribution in [0.4, 0.5) is 0 Å². The Morgan fingerprint density at radius 3 is 2.61 bits per heavy atom. The summed E-state index contributed by atoms with van der Waals surface area (Å²) < 4.78 is 24.8. The Kier molecular flexibility index (Phi) is 7.26. The molecule has 28 heavy (non-hydrogen) atoms. The molecule has 3 rings (SSSR count). The van der Waals surface area contributed by atoms with Gasteiger partial charge in [-0.2, -0.15) is 4.31 Å². The number of carbonyl (C=O) groups excluding carboxylic acids is 1. The van der Waals surface area contributed by atoms with Gasteiger partial charge in [0.2, 0.25) is 10.0 Å². The van der Waals surface area contributed by atoms with E-state index in [2.05, 4.69) is 16.3 Å². The topological polar surface area (TPSA) is 69.7 Å². The van der Waals surface area contributed by atoms with Crippen molar-refractivity contribution in [3.8, 4) is 0 Å². The number of piperazine rings is 1. The molecule has 154 valence electrons. The summed E-state index contributed by atoms with van der Waals surface area (Å²) in [5.74, 6) is -0.0276. The average molecular weight is 406 g/mol. The van der Waals surface area contributed by atoms with Gasteiger partial charge < -0.3 is 5.32 Å². The molecule has 0 atom stereocenters. The lowest BCUT2D eigenvalue weighted by Crippen LogP contribution is -2.47. The van der Waals surface area contributed by atoms with E-state index in [1.807, 2.05) is 24.3 Å². The lowest BCUT2D eigenvalue weighted by molar-refractivity contribution is 0.0953. The first-order valence-electron chi connectivity index (χ1n) is 10.1. The molecule has 0 unspecified atom stereocenters. The second kappa shape index (κ2) is 9.67. The quantitative estimate of drug-likeness (QED) is 0.707. The fourth-order valence-electron chi connectivity index (χ4n) is 3.86. The number of allylic oxidation sites excluding steroid dienone is 1. The summed E-state index contributed by atoms with van der Waals surface area (Å²) >= 11 is 0. The van der Waals surface area contributed by atoms with Crippen LogP contribution >= 0.6 is 0 Å². The maximum Gasteiger partial charge on any atom is 0.251 e. The molecule has 0 bridgehead atoms. The van der Waals surface area contributed by atoms with Gasteiger partial charge in [0.1, 0.15) is 0 Å². The normalized spacial score (nSPS) is 19.2. The molecule has 1 aliphatic carbocycles. The zero-order chi connectivity index (χ0) is 20.0. The van der Waals surface area contributed by atoms with E-state index in [0.29, 0.717) is 38.3 Å². The van der Waals surface area contributed by atoms with Crippen molar-refractivity contribution in [2.75, 3.05) is 39.0 Å². The Balaban J connectivity index is 1.48. The van der Waals surface area contributed by atoms with Crippen LogP contribution in [0.5, 0.6) is 0 Å². The zero-order valence-corrected chi connectivity index (χ0v) is 17.5. The van der Waals surface area contributed by atoms with Crippen LogP contribution < -0.4 is 5.32 Å². The van der Waals surface area contributed by atoms with Gasteiger partial charge in [-0.1, -0.05) is 23.8 Å². The van der Waals surface area contributed by atoms with Gasteiger partial charge in [-0.05, 0) is 49.8 Å². The number of rotatable bonds is 7. The fraction of sp³-hybridized carbons (Fsp3) is 0.571. The van der Waals surface area contributed by atoms with Gasteiger partial charge in [0, 0.05) is 44.8 Å². The van der Waals surface area contributed by atoms with E-state index >= 15 is 0 Å². The Morgan fingerprint density at radius 2 is 1.93 bits per heavy atom. The Labute approximate surface area is 168 Å². The second-order valence-corrected chi connectivity index (χ2v) is 9.74. The molecule has 0 spiro atoms. The predicted octanol–water partition coefficient (Wildman–Crippen LogP) is 2.38. The lowest BCUT2D eigenvalue weighted by Gasteiger charge is -2.33. The number of nitrogens with one attached hydrogen (secondary N) is 1. The molecule has 1 aromatic carbocycles.